The first-order chi connectivity index (χ1) is 12.0. The molecule has 128 valence electrons. The smallest absolute Gasteiger partial charge is 0.218 e. The lowest BCUT2D eigenvalue weighted by atomic mass is 10.1. The highest BCUT2D eigenvalue weighted by molar-refractivity contribution is 7.80. The van der Waals surface area contributed by atoms with Crippen LogP contribution in [0.5, 0.6) is 5.88 Å². The van der Waals surface area contributed by atoms with Gasteiger partial charge in [0.15, 0.2) is 5.69 Å². The van der Waals surface area contributed by atoms with Crippen molar-refractivity contribution in [2.24, 2.45) is 10.2 Å². The maximum absolute atomic E-state index is 13.3. The number of anilines is 1. The summed E-state index contributed by atoms with van der Waals surface area (Å²) < 4.78 is 13.3. The van der Waals surface area contributed by atoms with E-state index in [1.807, 2.05) is 25.1 Å². The Morgan fingerprint density at radius 2 is 2.12 bits per heavy atom. The van der Waals surface area contributed by atoms with Gasteiger partial charge in [-0.25, -0.2) is 4.39 Å². The number of halogens is 1. The van der Waals surface area contributed by atoms with Crippen LogP contribution >= 0.6 is 12.2 Å². The summed E-state index contributed by atoms with van der Waals surface area (Å²) in [7, 11) is 0. The molecule has 0 spiro atoms. The van der Waals surface area contributed by atoms with E-state index in [9.17, 15) is 9.50 Å². The van der Waals surface area contributed by atoms with E-state index in [-0.39, 0.29) is 16.7 Å². The molecule has 3 aromatic rings. The number of aromatic hydroxyl groups is 1. The molecule has 7 heteroatoms. The number of hydrogen-bond acceptors (Lipinski definition) is 3. The molecule has 0 bridgehead atoms. The fourth-order valence-corrected chi connectivity index (χ4v) is 2.81. The van der Waals surface area contributed by atoms with Crippen molar-refractivity contribution in [1.82, 2.24) is 4.98 Å². The highest BCUT2D eigenvalue weighted by atomic mass is 32.1. The SMILES string of the molecule is CCc1cccc(C)c1NC(=S)N=Nc1c(O)[nH]c2cc(F)ccc12. The molecule has 3 rings (SSSR count). The van der Waals surface area contributed by atoms with Crippen LogP contribution in [0.25, 0.3) is 10.9 Å². The second-order valence-corrected chi connectivity index (χ2v) is 5.99. The second-order valence-electron chi connectivity index (χ2n) is 5.60. The van der Waals surface area contributed by atoms with E-state index in [4.69, 9.17) is 12.2 Å². The number of nitrogens with zero attached hydrogens (tertiary/aromatic N) is 2. The molecule has 0 aliphatic rings. The van der Waals surface area contributed by atoms with Gasteiger partial charge in [-0.1, -0.05) is 25.1 Å². The summed E-state index contributed by atoms with van der Waals surface area (Å²) in [5, 5.41) is 21.8. The van der Waals surface area contributed by atoms with Crippen LogP contribution in [0, 0.1) is 12.7 Å². The van der Waals surface area contributed by atoms with Gasteiger partial charge in [0.1, 0.15) is 5.82 Å². The largest absolute Gasteiger partial charge is 0.493 e. The van der Waals surface area contributed by atoms with Crippen molar-refractivity contribution in [3.63, 3.8) is 0 Å². The second kappa shape index (κ2) is 6.98. The Morgan fingerprint density at radius 1 is 1.32 bits per heavy atom. The lowest BCUT2D eigenvalue weighted by molar-refractivity contribution is 0.459. The number of H-pyrrole nitrogens is 1. The Hall–Kier alpha value is -2.80. The highest BCUT2D eigenvalue weighted by Crippen LogP contribution is 2.35. The van der Waals surface area contributed by atoms with E-state index in [1.165, 1.54) is 18.2 Å². The third-order valence-electron chi connectivity index (χ3n) is 3.93. The number of fused-ring (bicyclic) bond motifs is 1. The van der Waals surface area contributed by atoms with Crippen LogP contribution in [-0.2, 0) is 6.42 Å². The summed E-state index contributed by atoms with van der Waals surface area (Å²) in [5.41, 5.74) is 3.77. The van der Waals surface area contributed by atoms with E-state index >= 15 is 0 Å². The number of aromatic amines is 1. The molecular formula is C18H17FN4OS. The summed E-state index contributed by atoms with van der Waals surface area (Å²) in [4.78, 5) is 2.67. The van der Waals surface area contributed by atoms with E-state index in [0.29, 0.717) is 10.9 Å². The molecule has 0 saturated carbocycles. The van der Waals surface area contributed by atoms with Crippen LogP contribution < -0.4 is 5.32 Å². The number of rotatable bonds is 3. The molecule has 25 heavy (non-hydrogen) atoms. The van der Waals surface area contributed by atoms with E-state index < -0.39 is 5.82 Å². The van der Waals surface area contributed by atoms with Crippen LogP contribution in [0.2, 0.25) is 0 Å². The molecule has 0 aliphatic heterocycles. The third kappa shape index (κ3) is 3.51. The Morgan fingerprint density at radius 3 is 2.88 bits per heavy atom. The van der Waals surface area contributed by atoms with Crippen molar-refractivity contribution in [2.75, 3.05) is 5.32 Å². The van der Waals surface area contributed by atoms with Crippen LogP contribution in [0.4, 0.5) is 15.8 Å². The number of para-hydroxylation sites is 1. The van der Waals surface area contributed by atoms with Gasteiger partial charge in [0.2, 0.25) is 11.0 Å². The van der Waals surface area contributed by atoms with Gasteiger partial charge in [-0.2, -0.15) is 0 Å². The monoisotopic (exact) mass is 356 g/mol. The zero-order valence-corrected chi connectivity index (χ0v) is 14.6. The van der Waals surface area contributed by atoms with E-state index in [1.54, 1.807) is 0 Å². The van der Waals surface area contributed by atoms with Crippen LogP contribution in [0.1, 0.15) is 18.1 Å². The van der Waals surface area contributed by atoms with Crippen molar-refractivity contribution >= 4 is 39.6 Å². The topological polar surface area (TPSA) is 72.8 Å². The zero-order valence-electron chi connectivity index (χ0n) is 13.8. The summed E-state index contributed by atoms with van der Waals surface area (Å²) in [5.74, 6) is -0.585. The number of hydrogen-bond donors (Lipinski definition) is 3. The molecule has 1 heterocycles. The molecule has 2 aromatic carbocycles. The maximum atomic E-state index is 13.3. The minimum atomic E-state index is -0.402. The number of aryl methyl sites for hydroxylation is 2. The van der Waals surface area contributed by atoms with Crippen molar-refractivity contribution < 1.29 is 9.50 Å². The molecule has 1 aromatic heterocycles. The Kier molecular flexibility index (Phi) is 4.76. The number of benzene rings is 2. The standard InChI is InChI=1S/C18H17FN4OS/c1-3-11-6-4-5-10(2)15(11)21-18(25)23-22-16-13-8-7-12(19)9-14(13)20-17(16)24/h4-9,20,24H,3H2,1-2H3,(H,21,25). The predicted octanol–water partition coefficient (Wildman–Crippen LogP) is 5.36. The number of thiocarbonyl (C=S) groups is 1. The molecule has 5 nitrogen and oxygen atoms in total. The maximum Gasteiger partial charge on any atom is 0.218 e. The third-order valence-corrected chi connectivity index (χ3v) is 4.11. The number of nitrogens with one attached hydrogen (secondary N) is 2. The molecule has 0 aliphatic carbocycles. The number of azo groups is 1. The van der Waals surface area contributed by atoms with Gasteiger partial charge >= 0.3 is 0 Å². The van der Waals surface area contributed by atoms with Gasteiger partial charge in [0.05, 0.1) is 5.52 Å². The van der Waals surface area contributed by atoms with Gasteiger partial charge in [0, 0.05) is 11.1 Å². The Bertz CT molecular complexity index is 981. The molecule has 0 saturated heterocycles. The molecule has 0 amide bonds. The summed E-state index contributed by atoms with van der Waals surface area (Å²) in [6.07, 6.45) is 0.860. The van der Waals surface area contributed by atoms with Gasteiger partial charge in [0.25, 0.3) is 0 Å². The lowest BCUT2D eigenvalue weighted by Crippen LogP contribution is -2.08. The molecule has 0 unspecified atom stereocenters. The first kappa shape index (κ1) is 17.0. The Labute approximate surface area is 149 Å². The van der Waals surface area contributed by atoms with E-state index in [2.05, 4.69) is 27.5 Å². The highest BCUT2D eigenvalue weighted by Gasteiger charge is 2.11. The molecule has 0 atom stereocenters. The van der Waals surface area contributed by atoms with Crippen LogP contribution in [0.3, 0.4) is 0 Å². The van der Waals surface area contributed by atoms with Crippen LogP contribution in [0.15, 0.2) is 46.6 Å². The summed E-state index contributed by atoms with van der Waals surface area (Å²) in [6.45, 7) is 4.05. The zero-order chi connectivity index (χ0) is 18.0. The van der Waals surface area contributed by atoms with Crippen molar-refractivity contribution in [2.45, 2.75) is 20.3 Å². The summed E-state index contributed by atoms with van der Waals surface area (Å²) >= 11 is 5.24. The first-order valence-corrected chi connectivity index (χ1v) is 8.21. The lowest BCUT2D eigenvalue weighted by Gasteiger charge is -2.11. The van der Waals surface area contributed by atoms with Gasteiger partial charge < -0.3 is 15.4 Å². The van der Waals surface area contributed by atoms with Gasteiger partial charge in [-0.3, -0.25) is 0 Å². The molecule has 3 N–H and O–H groups in total. The minimum absolute atomic E-state index is 0.180. The van der Waals surface area contributed by atoms with Gasteiger partial charge in [-0.15, -0.1) is 10.2 Å². The van der Waals surface area contributed by atoms with E-state index in [0.717, 1.165) is 23.2 Å². The van der Waals surface area contributed by atoms with Crippen molar-refractivity contribution in [3.05, 3.63) is 53.3 Å². The fourth-order valence-electron chi connectivity index (χ4n) is 2.67. The average Bonchev–Trinajstić information content (AvgIpc) is 2.89. The molecular weight excluding hydrogens is 339 g/mol. The quantitative estimate of drug-likeness (QED) is 0.437. The molecule has 0 radical (unpaired) electrons. The van der Waals surface area contributed by atoms with Crippen molar-refractivity contribution in [3.8, 4) is 5.88 Å². The van der Waals surface area contributed by atoms with Gasteiger partial charge in [-0.05, 0) is 54.9 Å². The fraction of sp³-hybridized carbons (Fsp3) is 0.167. The first-order valence-electron chi connectivity index (χ1n) is 7.81. The normalized spacial score (nSPS) is 11.3. The minimum Gasteiger partial charge on any atom is -0.493 e. The summed E-state index contributed by atoms with van der Waals surface area (Å²) in [6, 6.07) is 10.1. The molecule has 0 fully saturated rings. The average molecular weight is 356 g/mol. The van der Waals surface area contributed by atoms with Crippen LogP contribution in [-0.4, -0.2) is 15.2 Å². The van der Waals surface area contributed by atoms with Crippen molar-refractivity contribution in [1.29, 1.82) is 0 Å². The Balaban J connectivity index is 1.86. The predicted molar refractivity (Wildman–Crippen MR) is 101 cm³/mol. The number of aromatic nitrogens is 1.